The second kappa shape index (κ2) is 6.22. The molecule has 1 aromatic carbocycles. The van der Waals surface area contributed by atoms with Crippen molar-refractivity contribution in [1.29, 1.82) is 0 Å². The van der Waals surface area contributed by atoms with Gasteiger partial charge in [-0.05, 0) is 26.0 Å². The van der Waals surface area contributed by atoms with Gasteiger partial charge in [-0.3, -0.25) is 4.79 Å². The summed E-state index contributed by atoms with van der Waals surface area (Å²) in [5, 5.41) is -0.0505. The number of nitrogens with zero attached hydrogens (tertiary/aromatic N) is 1. The average Bonchev–Trinajstić information content (AvgIpc) is 2.28. The van der Waals surface area contributed by atoms with E-state index >= 15 is 0 Å². The van der Waals surface area contributed by atoms with Crippen LogP contribution in [0.2, 0.25) is 5.02 Å². The van der Waals surface area contributed by atoms with Crippen LogP contribution in [0.15, 0.2) is 18.2 Å². The first-order valence-corrected chi connectivity index (χ1v) is 6.21. The van der Waals surface area contributed by atoms with Crippen molar-refractivity contribution < 1.29 is 9.18 Å². The SMILES string of the molecule is CC(C)N(CCCl)C(=O)c1cccc(Cl)c1F. The molecule has 0 atom stereocenters. The maximum atomic E-state index is 13.7. The topological polar surface area (TPSA) is 20.3 Å². The summed E-state index contributed by atoms with van der Waals surface area (Å²) >= 11 is 11.3. The molecular weight excluding hydrogens is 264 g/mol. The Morgan fingerprint density at radius 3 is 2.65 bits per heavy atom. The van der Waals surface area contributed by atoms with Gasteiger partial charge in [0.2, 0.25) is 0 Å². The lowest BCUT2D eigenvalue weighted by Gasteiger charge is -2.26. The molecule has 0 spiro atoms. The Bertz CT molecular complexity index is 409. The molecule has 0 N–H and O–H groups in total. The average molecular weight is 278 g/mol. The molecule has 0 radical (unpaired) electrons. The molecule has 0 fully saturated rings. The summed E-state index contributed by atoms with van der Waals surface area (Å²) in [6.45, 7) is 4.09. The summed E-state index contributed by atoms with van der Waals surface area (Å²) in [4.78, 5) is 13.6. The van der Waals surface area contributed by atoms with Crippen LogP contribution in [-0.2, 0) is 0 Å². The first kappa shape index (κ1) is 14.3. The van der Waals surface area contributed by atoms with Crippen molar-refractivity contribution in [2.75, 3.05) is 12.4 Å². The highest BCUT2D eigenvalue weighted by molar-refractivity contribution is 6.31. The van der Waals surface area contributed by atoms with Gasteiger partial charge >= 0.3 is 0 Å². The highest BCUT2D eigenvalue weighted by Gasteiger charge is 2.22. The van der Waals surface area contributed by atoms with Gasteiger partial charge in [-0.15, -0.1) is 11.6 Å². The van der Waals surface area contributed by atoms with Crippen LogP contribution in [-0.4, -0.2) is 29.3 Å². The number of halogens is 3. The molecule has 0 saturated heterocycles. The largest absolute Gasteiger partial charge is 0.335 e. The quantitative estimate of drug-likeness (QED) is 0.771. The van der Waals surface area contributed by atoms with Gasteiger partial charge in [0, 0.05) is 18.5 Å². The number of carbonyl (C=O) groups is 1. The molecule has 1 amide bonds. The molecule has 0 unspecified atom stereocenters. The zero-order valence-electron chi connectivity index (χ0n) is 9.71. The Balaban J connectivity index is 3.05. The van der Waals surface area contributed by atoms with E-state index in [1.807, 2.05) is 13.8 Å². The van der Waals surface area contributed by atoms with Crippen molar-refractivity contribution >= 4 is 29.1 Å². The van der Waals surface area contributed by atoms with Crippen LogP contribution in [0.3, 0.4) is 0 Å². The van der Waals surface area contributed by atoms with Crippen LogP contribution in [0.4, 0.5) is 4.39 Å². The molecule has 0 aliphatic heterocycles. The standard InChI is InChI=1S/C12H14Cl2FNO/c1-8(2)16(7-6-13)12(17)9-4-3-5-10(14)11(9)15/h3-5,8H,6-7H2,1-2H3. The number of rotatable bonds is 4. The highest BCUT2D eigenvalue weighted by Crippen LogP contribution is 2.20. The van der Waals surface area contributed by atoms with Crippen LogP contribution >= 0.6 is 23.2 Å². The lowest BCUT2D eigenvalue weighted by atomic mass is 10.1. The third-order valence-electron chi connectivity index (χ3n) is 2.39. The Morgan fingerprint density at radius 1 is 1.47 bits per heavy atom. The lowest BCUT2D eigenvalue weighted by Crippen LogP contribution is -2.38. The molecule has 0 aromatic heterocycles. The van der Waals surface area contributed by atoms with E-state index in [1.165, 1.54) is 17.0 Å². The molecule has 17 heavy (non-hydrogen) atoms. The summed E-state index contributed by atoms with van der Waals surface area (Å²) < 4.78 is 13.7. The van der Waals surface area contributed by atoms with E-state index in [2.05, 4.69) is 0 Å². The third-order valence-corrected chi connectivity index (χ3v) is 2.85. The summed E-state index contributed by atoms with van der Waals surface area (Å²) in [5.74, 6) is -0.758. The Kier molecular flexibility index (Phi) is 5.22. The van der Waals surface area contributed by atoms with Gasteiger partial charge in [0.05, 0.1) is 10.6 Å². The number of benzene rings is 1. The van der Waals surface area contributed by atoms with Gasteiger partial charge in [-0.25, -0.2) is 4.39 Å². The van der Waals surface area contributed by atoms with Crippen molar-refractivity contribution in [2.45, 2.75) is 19.9 Å². The first-order chi connectivity index (χ1) is 7.99. The fourth-order valence-electron chi connectivity index (χ4n) is 1.51. The Hall–Kier alpha value is -0.800. The van der Waals surface area contributed by atoms with Crippen LogP contribution in [0.5, 0.6) is 0 Å². The molecule has 0 aliphatic carbocycles. The van der Waals surface area contributed by atoms with Crippen molar-refractivity contribution in [3.05, 3.63) is 34.6 Å². The minimum absolute atomic E-state index is 0.0173. The summed E-state index contributed by atoms with van der Waals surface area (Å²) in [7, 11) is 0. The van der Waals surface area contributed by atoms with E-state index in [1.54, 1.807) is 6.07 Å². The van der Waals surface area contributed by atoms with Crippen molar-refractivity contribution in [1.82, 2.24) is 4.90 Å². The molecule has 94 valence electrons. The summed E-state index contributed by atoms with van der Waals surface area (Å²) in [5.41, 5.74) is -0.0173. The summed E-state index contributed by atoms with van der Waals surface area (Å²) in [6, 6.07) is 4.35. The van der Waals surface area contributed by atoms with Gasteiger partial charge < -0.3 is 4.90 Å². The van der Waals surface area contributed by atoms with E-state index in [9.17, 15) is 9.18 Å². The van der Waals surface area contributed by atoms with Crippen molar-refractivity contribution in [2.24, 2.45) is 0 Å². The number of carbonyl (C=O) groups excluding carboxylic acids is 1. The number of hydrogen-bond donors (Lipinski definition) is 0. The fourth-order valence-corrected chi connectivity index (χ4v) is 1.87. The predicted molar refractivity (Wildman–Crippen MR) is 68.3 cm³/mol. The van der Waals surface area contributed by atoms with E-state index in [0.29, 0.717) is 12.4 Å². The molecule has 1 aromatic rings. The lowest BCUT2D eigenvalue weighted by molar-refractivity contribution is 0.0713. The Morgan fingerprint density at radius 2 is 2.12 bits per heavy atom. The maximum Gasteiger partial charge on any atom is 0.257 e. The molecule has 5 heteroatoms. The molecule has 2 nitrogen and oxygen atoms in total. The molecule has 0 aliphatic rings. The van der Waals surface area contributed by atoms with Crippen LogP contribution in [0, 0.1) is 5.82 Å². The zero-order chi connectivity index (χ0) is 13.0. The highest BCUT2D eigenvalue weighted by atomic mass is 35.5. The van der Waals surface area contributed by atoms with Gasteiger partial charge in [0.25, 0.3) is 5.91 Å². The maximum absolute atomic E-state index is 13.7. The molecule has 0 saturated carbocycles. The van der Waals surface area contributed by atoms with Gasteiger partial charge in [0.1, 0.15) is 0 Å². The van der Waals surface area contributed by atoms with Crippen LogP contribution in [0.1, 0.15) is 24.2 Å². The van der Waals surface area contributed by atoms with E-state index < -0.39 is 5.82 Å². The molecule has 0 heterocycles. The van der Waals surface area contributed by atoms with E-state index in [-0.39, 0.29) is 22.5 Å². The van der Waals surface area contributed by atoms with Crippen molar-refractivity contribution in [3.8, 4) is 0 Å². The monoisotopic (exact) mass is 277 g/mol. The zero-order valence-corrected chi connectivity index (χ0v) is 11.2. The molecule has 1 rings (SSSR count). The van der Waals surface area contributed by atoms with Crippen LogP contribution < -0.4 is 0 Å². The summed E-state index contributed by atoms with van der Waals surface area (Å²) in [6.07, 6.45) is 0. The van der Waals surface area contributed by atoms with Crippen molar-refractivity contribution in [3.63, 3.8) is 0 Å². The Labute approximate surface area is 110 Å². The smallest absolute Gasteiger partial charge is 0.257 e. The molecular formula is C12H14Cl2FNO. The van der Waals surface area contributed by atoms with Gasteiger partial charge in [-0.1, -0.05) is 17.7 Å². The third kappa shape index (κ3) is 3.33. The normalized spacial score (nSPS) is 10.7. The minimum atomic E-state index is -0.681. The van der Waals surface area contributed by atoms with Gasteiger partial charge in [-0.2, -0.15) is 0 Å². The van der Waals surface area contributed by atoms with Gasteiger partial charge in [0.15, 0.2) is 5.82 Å². The van der Waals surface area contributed by atoms with E-state index in [4.69, 9.17) is 23.2 Å². The second-order valence-corrected chi connectivity index (χ2v) is 4.67. The fraction of sp³-hybridized carbons (Fsp3) is 0.417. The van der Waals surface area contributed by atoms with E-state index in [0.717, 1.165) is 0 Å². The molecule has 0 bridgehead atoms. The second-order valence-electron chi connectivity index (χ2n) is 3.88. The minimum Gasteiger partial charge on any atom is -0.335 e. The predicted octanol–water partition coefficient (Wildman–Crippen LogP) is 3.57. The van der Waals surface area contributed by atoms with Crippen LogP contribution in [0.25, 0.3) is 0 Å². The number of hydrogen-bond acceptors (Lipinski definition) is 1. The number of amides is 1. The number of alkyl halides is 1. The first-order valence-electron chi connectivity index (χ1n) is 5.30.